The Morgan fingerprint density at radius 1 is 0.833 bits per heavy atom. The Kier molecular flexibility index (Phi) is 6.65. The molecule has 0 bridgehead atoms. The van der Waals surface area contributed by atoms with Crippen molar-refractivity contribution in [2.75, 3.05) is 31.1 Å². The Labute approximate surface area is 185 Å². The second-order valence-electron chi connectivity index (χ2n) is 7.91. The van der Waals surface area contributed by atoms with Crippen molar-refractivity contribution in [2.45, 2.75) is 19.4 Å². The standard InChI is InChI=1S/C26H29N3S/c1-21-12-14-22(15-13-21)20-25(23-8-4-2-5-9-23)27-26(30)29-18-16-28(17-19-29)24-10-6-3-7-11-24/h2-15,25H,16-20H2,1H3,(H,27,30). The smallest absolute Gasteiger partial charge is 0.169 e. The van der Waals surface area contributed by atoms with Gasteiger partial charge >= 0.3 is 0 Å². The van der Waals surface area contributed by atoms with Gasteiger partial charge in [-0.25, -0.2) is 0 Å². The van der Waals surface area contributed by atoms with Gasteiger partial charge in [0.2, 0.25) is 0 Å². The zero-order valence-electron chi connectivity index (χ0n) is 17.5. The number of hydrogen-bond donors (Lipinski definition) is 1. The second kappa shape index (κ2) is 9.77. The van der Waals surface area contributed by atoms with Crippen LogP contribution >= 0.6 is 12.2 Å². The van der Waals surface area contributed by atoms with Crippen LogP contribution in [0.3, 0.4) is 0 Å². The van der Waals surface area contributed by atoms with Crippen molar-refractivity contribution >= 4 is 23.0 Å². The van der Waals surface area contributed by atoms with Gasteiger partial charge in [-0.3, -0.25) is 0 Å². The molecule has 1 atom stereocenters. The summed E-state index contributed by atoms with van der Waals surface area (Å²) in [4.78, 5) is 4.74. The van der Waals surface area contributed by atoms with Gasteiger partial charge in [-0.2, -0.15) is 0 Å². The molecule has 0 spiro atoms. The minimum atomic E-state index is 0.161. The van der Waals surface area contributed by atoms with E-state index in [-0.39, 0.29) is 6.04 Å². The third kappa shape index (κ3) is 5.19. The molecule has 4 heteroatoms. The van der Waals surface area contributed by atoms with E-state index in [4.69, 9.17) is 12.2 Å². The largest absolute Gasteiger partial charge is 0.368 e. The number of nitrogens with zero attached hydrogens (tertiary/aromatic N) is 2. The first-order valence-electron chi connectivity index (χ1n) is 10.6. The summed E-state index contributed by atoms with van der Waals surface area (Å²) in [5.74, 6) is 0. The zero-order valence-corrected chi connectivity index (χ0v) is 18.3. The molecule has 1 saturated heterocycles. The lowest BCUT2D eigenvalue weighted by molar-refractivity contribution is 0.374. The number of piperazine rings is 1. The average Bonchev–Trinajstić information content (AvgIpc) is 2.81. The first-order chi connectivity index (χ1) is 14.7. The normalized spacial score (nSPS) is 15.0. The molecule has 154 valence electrons. The van der Waals surface area contributed by atoms with E-state index >= 15 is 0 Å². The number of para-hydroxylation sites is 1. The van der Waals surface area contributed by atoms with Gasteiger partial charge < -0.3 is 15.1 Å². The molecule has 1 fully saturated rings. The lowest BCUT2D eigenvalue weighted by Gasteiger charge is -2.38. The maximum Gasteiger partial charge on any atom is 0.169 e. The fourth-order valence-electron chi connectivity index (χ4n) is 3.94. The molecule has 1 aliphatic heterocycles. The minimum absolute atomic E-state index is 0.161. The van der Waals surface area contributed by atoms with Crippen molar-refractivity contribution in [3.8, 4) is 0 Å². The SMILES string of the molecule is Cc1ccc(CC(NC(=S)N2CCN(c3ccccc3)CC2)c2ccccc2)cc1. The maximum atomic E-state index is 5.84. The van der Waals surface area contributed by atoms with Crippen LogP contribution in [0.1, 0.15) is 22.7 Å². The number of benzene rings is 3. The highest BCUT2D eigenvalue weighted by molar-refractivity contribution is 7.80. The van der Waals surface area contributed by atoms with E-state index in [1.165, 1.54) is 22.4 Å². The fraction of sp³-hybridized carbons (Fsp3) is 0.269. The van der Waals surface area contributed by atoms with Crippen LogP contribution in [0, 0.1) is 6.92 Å². The summed E-state index contributed by atoms with van der Waals surface area (Å²) >= 11 is 5.84. The summed E-state index contributed by atoms with van der Waals surface area (Å²) in [6.07, 6.45) is 0.911. The Morgan fingerprint density at radius 3 is 2.07 bits per heavy atom. The first kappa shape index (κ1) is 20.4. The average molecular weight is 416 g/mol. The molecule has 3 aromatic carbocycles. The molecule has 0 aliphatic carbocycles. The maximum absolute atomic E-state index is 5.84. The highest BCUT2D eigenvalue weighted by atomic mass is 32.1. The van der Waals surface area contributed by atoms with Crippen molar-refractivity contribution in [2.24, 2.45) is 0 Å². The van der Waals surface area contributed by atoms with Gasteiger partial charge in [0, 0.05) is 31.9 Å². The molecule has 30 heavy (non-hydrogen) atoms. The zero-order chi connectivity index (χ0) is 20.8. The van der Waals surface area contributed by atoms with Crippen LogP contribution in [0.15, 0.2) is 84.9 Å². The van der Waals surface area contributed by atoms with Crippen molar-refractivity contribution in [1.82, 2.24) is 10.2 Å². The van der Waals surface area contributed by atoms with Crippen LogP contribution in [0.25, 0.3) is 0 Å². The lowest BCUT2D eigenvalue weighted by Crippen LogP contribution is -2.52. The highest BCUT2D eigenvalue weighted by Crippen LogP contribution is 2.20. The van der Waals surface area contributed by atoms with Crippen LogP contribution in [-0.2, 0) is 6.42 Å². The summed E-state index contributed by atoms with van der Waals surface area (Å²) in [5.41, 5.74) is 5.16. The molecular formula is C26H29N3S. The monoisotopic (exact) mass is 415 g/mol. The van der Waals surface area contributed by atoms with E-state index in [0.29, 0.717) is 0 Å². The van der Waals surface area contributed by atoms with Gasteiger partial charge in [-0.1, -0.05) is 78.4 Å². The molecule has 0 amide bonds. The van der Waals surface area contributed by atoms with E-state index in [9.17, 15) is 0 Å². The Hall–Kier alpha value is -2.85. The fourth-order valence-corrected chi connectivity index (χ4v) is 4.27. The molecule has 1 unspecified atom stereocenters. The summed E-state index contributed by atoms with van der Waals surface area (Å²) in [5, 5.41) is 4.51. The summed E-state index contributed by atoms with van der Waals surface area (Å²) in [6.45, 7) is 5.97. The van der Waals surface area contributed by atoms with Gasteiger partial charge in [0.1, 0.15) is 0 Å². The van der Waals surface area contributed by atoms with Crippen LogP contribution in [0.4, 0.5) is 5.69 Å². The molecule has 1 aliphatic rings. The topological polar surface area (TPSA) is 18.5 Å². The van der Waals surface area contributed by atoms with Gasteiger partial charge in [0.25, 0.3) is 0 Å². The van der Waals surface area contributed by atoms with Gasteiger partial charge in [0.05, 0.1) is 6.04 Å². The van der Waals surface area contributed by atoms with E-state index < -0.39 is 0 Å². The Bertz CT molecular complexity index is 933. The van der Waals surface area contributed by atoms with Crippen LogP contribution in [0.2, 0.25) is 0 Å². The molecular weight excluding hydrogens is 386 g/mol. The van der Waals surface area contributed by atoms with Gasteiger partial charge in [0.15, 0.2) is 5.11 Å². The molecule has 4 rings (SSSR count). The summed E-state index contributed by atoms with van der Waals surface area (Å²) in [6, 6.07) is 30.2. The molecule has 0 aromatic heterocycles. The number of aryl methyl sites for hydroxylation is 1. The first-order valence-corrected chi connectivity index (χ1v) is 11.1. The predicted molar refractivity (Wildman–Crippen MR) is 130 cm³/mol. The number of nitrogens with one attached hydrogen (secondary N) is 1. The van der Waals surface area contributed by atoms with E-state index in [1.54, 1.807) is 0 Å². The van der Waals surface area contributed by atoms with Gasteiger partial charge in [-0.15, -0.1) is 0 Å². The van der Waals surface area contributed by atoms with E-state index in [0.717, 1.165) is 37.7 Å². The molecule has 3 aromatic rings. The van der Waals surface area contributed by atoms with Crippen LogP contribution < -0.4 is 10.2 Å². The van der Waals surface area contributed by atoms with Crippen molar-refractivity contribution in [3.05, 3.63) is 102 Å². The number of hydrogen-bond acceptors (Lipinski definition) is 2. The molecule has 0 radical (unpaired) electrons. The summed E-state index contributed by atoms with van der Waals surface area (Å²) < 4.78 is 0. The van der Waals surface area contributed by atoms with Crippen molar-refractivity contribution in [1.29, 1.82) is 0 Å². The molecule has 1 heterocycles. The third-order valence-electron chi connectivity index (χ3n) is 5.75. The third-order valence-corrected chi connectivity index (χ3v) is 6.12. The predicted octanol–water partition coefficient (Wildman–Crippen LogP) is 4.98. The van der Waals surface area contributed by atoms with E-state index in [2.05, 4.69) is 107 Å². The molecule has 3 nitrogen and oxygen atoms in total. The molecule has 1 N–H and O–H groups in total. The van der Waals surface area contributed by atoms with Crippen molar-refractivity contribution < 1.29 is 0 Å². The van der Waals surface area contributed by atoms with Crippen molar-refractivity contribution in [3.63, 3.8) is 0 Å². The van der Waals surface area contributed by atoms with Crippen LogP contribution in [-0.4, -0.2) is 36.2 Å². The number of thiocarbonyl (C=S) groups is 1. The summed E-state index contributed by atoms with van der Waals surface area (Å²) in [7, 11) is 0. The van der Waals surface area contributed by atoms with Crippen LogP contribution in [0.5, 0.6) is 0 Å². The van der Waals surface area contributed by atoms with E-state index in [1.807, 2.05) is 0 Å². The number of rotatable bonds is 5. The number of anilines is 1. The second-order valence-corrected chi connectivity index (χ2v) is 8.30. The minimum Gasteiger partial charge on any atom is -0.368 e. The quantitative estimate of drug-likeness (QED) is 0.593. The van der Waals surface area contributed by atoms with Gasteiger partial charge in [-0.05, 0) is 48.8 Å². The Balaban J connectivity index is 1.41. The lowest BCUT2D eigenvalue weighted by atomic mass is 9.98. The molecule has 0 saturated carbocycles. The highest BCUT2D eigenvalue weighted by Gasteiger charge is 2.21. The Morgan fingerprint density at radius 2 is 1.43 bits per heavy atom.